The number of hydrogen-bond acceptors (Lipinski definition) is 2. The molecule has 2 aromatic rings. The first-order valence-electron chi connectivity index (χ1n) is 5.26. The van der Waals surface area contributed by atoms with Crippen molar-refractivity contribution in [3.63, 3.8) is 0 Å². The van der Waals surface area contributed by atoms with E-state index in [1.54, 1.807) is 24.3 Å². The van der Waals surface area contributed by atoms with Crippen LogP contribution in [0.1, 0.15) is 15.9 Å². The molecule has 0 radical (unpaired) electrons. The molecule has 0 saturated carbocycles. The van der Waals surface area contributed by atoms with Crippen LogP contribution < -0.4 is 4.74 Å². The Morgan fingerprint density at radius 2 is 1.89 bits per heavy atom. The van der Waals surface area contributed by atoms with Crippen molar-refractivity contribution in [3.05, 3.63) is 63.1 Å². The molecule has 92 valence electrons. The normalized spacial score (nSPS) is 10.2. The molecule has 0 aliphatic heterocycles. The minimum atomic E-state index is -0.0928. The van der Waals surface area contributed by atoms with Crippen molar-refractivity contribution < 1.29 is 9.53 Å². The molecule has 0 fully saturated rings. The monoisotopic (exact) mass is 324 g/mol. The third kappa shape index (κ3) is 2.57. The van der Waals surface area contributed by atoms with E-state index in [0.29, 0.717) is 26.4 Å². The van der Waals surface area contributed by atoms with Gasteiger partial charge in [0.2, 0.25) is 0 Å². The number of carbonyl (C=O) groups excluding carboxylic acids is 1. The topological polar surface area (TPSA) is 26.3 Å². The Labute approximate surface area is 119 Å². The molecule has 18 heavy (non-hydrogen) atoms. The lowest BCUT2D eigenvalue weighted by molar-refractivity contribution is 0.103. The van der Waals surface area contributed by atoms with Gasteiger partial charge in [-0.15, -0.1) is 0 Å². The van der Waals surface area contributed by atoms with E-state index < -0.39 is 0 Å². The fourth-order valence-corrected chi connectivity index (χ4v) is 2.12. The molecular formula is C14H10BrClO2. The molecule has 0 aliphatic carbocycles. The van der Waals surface area contributed by atoms with E-state index in [2.05, 4.69) is 15.9 Å². The zero-order valence-corrected chi connectivity index (χ0v) is 12.0. The van der Waals surface area contributed by atoms with Gasteiger partial charge in [-0.25, -0.2) is 0 Å². The number of hydrogen-bond donors (Lipinski definition) is 0. The first kappa shape index (κ1) is 13.1. The SMILES string of the molecule is COc1cc(Cl)c(Br)cc1C(=O)c1ccccc1. The summed E-state index contributed by atoms with van der Waals surface area (Å²) in [6, 6.07) is 12.4. The van der Waals surface area contributed by atoms with Crippen LogP contribution in [0.25, 0.3) is 0 Å². The predicted molar refractivity (Wildman–Crippen MR) is 75.6 cm³/mol. The van der Waals surface area contributed by atoms with Gasteiger partial charge in [0, 0.05) is 16.1 Å². The molecule has 0 spiro atoms. The number of ether oxygens (including phenoxy) is 1. The molecular weight excluding hydrogens is 316 g/mol. The van der Waals surface area contributed by atoms with E-state index in [4.69, 9.17) is 16.3 Å². The van der Waals surface area contributed by atoms with Crippen LogP contribution in [0.2, 0.25) is 5.02 Å². The maximum Gasteiger partial charge on any atom is 0.196 e. The molecule has 2 aromatic carbocycles. The molecule has 0 unspecified atom stereocenters. The third-order valence-electron chi connectivity index (χ3n) is 2.52. The van der Waals surface area contributed by atoms with Crippen molar-refractivity contribution in [1.82, 2.24) is 0 Å². The summed E-state index contributed by atoms with van der Waals surface area (Å²) in [7, 11) is 1.52. The Balaban J connectivity index is 2.51. The smallest absolute Gasteiger partial charge is 0.196 e. The Kier molecular flexibility index (Phi) is 4.04. The summed E-state index contributed by atoms with van der Waals surface area (Å²) in [5.74, 6) is 0.377. The molecule has 4 heteroatoms. The second-order valence-corrected chi connectivity index (χ2v) is 4.92. The first-order valence-corrected chi connectivity index (χ1v) is 6.43. The molecule has 2 nitrogen and oxygen atoms in total. The molecule has 0 bridgehead atoms. The Hall–Kier alpha value is -1.32. The molecule has 0 saturated heterocycles. The lowest BCUT2D eigenvalue weighted by Gasteiger charge is -2.09. The van der Waals surface area contributed by atoms with Crippen LogP contribution in [0, 0.1) is 0 Å². The highest BCUT2D eigenvalue weighted by Crippen LogP contribution is 2.32. The molecule has 0 aromatic heterocycles. The predicted octanol–water partition coefficient (Wildman–Crippen LogP) is 4.34. The number of carbonyl (C=O) groups is 1. The lowest BCUT2D eigenvalue weighted by atomic mass is 10.0. The summed E-state index contributed by atoms with van der Waals surface area (Å²) in [4.78, 5) is 12.3. The zero-order chi connectivity index (χ0) is 13.1. The summed E-state index contributed by atoms with van der Waals surface area (Å²) in [5.41, 5.74) is 1.10. The average Bonchev–Trinajstić information content (AvgIpc) is 2.41. The van der Waals surface area contributed by atoms with Gasteiger partial charge in [-0.2, -0.15) is 0 Å². The van der Waals surface area contributed by atoms with Gasteiger partial charge in [0.05, 0.1) is 17.7 Å². The molecule has 0 amide bonds. The van der Waals surface area contributed by atoms with Crippen LogP contribution in [0.5, 0.6) is 5.75 Å². The van der Waals surface area contributed by atoms with Gasteiger partial charge < -0.3 is 4.74 Å². The summed E-state index contributed by atoms with van der Waals surface area (Å²) in [5, 5.41) is 0.511. The number of methoxy groups -OCH3 is 1. The number of ketones is 1. The molecule has 2 rings (SSSR count). The average molecular weight is 326 g/mol. The van der Waals surface area contributed by atoms with Gasteiger partial charge in [0.25, 0.3) is 0 Å². The van der Waals surface area contributed by atoms with Crippen LogP contribution in [0.4, 0.5) is 0 Å². The molecule has 0 aliphatic rings. The molecule has 0 heterocycles. The highest BCUT2D eigenvalue weighted by Gasteiger charge is 2.16. The van der Waals surface area contributed by atoms with Gasteiger partial charge in [0.15, 0.2) is 5.78 Å². The quantitative estimate of drug-likeness (QED) is 0.785. The Bertz CT molecular complexity index is 582. The first-order chi connectivity index (χ1) is 8.63. The molecule has 0 N–H and O–H groups in total. The highest BCUT2D eigenvalue weighted by molar-refractivity contribution is 9.10. The Morgan fingerprint density at radius 3 is 2.50 bits per heavy atom. The van der Waals surface area contributed by atoms with Crippen molar-refractivity contribution in [2.75, 3.05) is 7.11 Å². The molecule has 0 atom stereocenters. The maximum absolute atomic E-state index is 12.3. The number of halogens is 2. The van der Waals surface area contributed by atoms with E-state index in [9.17, 15) is 4.79 Å². The van der Waals surface area contributed by atoms with E-state index in [1.165, 1.54) is 7.11 Å². The lowest BCUT2D eigenvalue weighted by Crippen LogP contribution is -2.04. The summed E-state index contributed by atoms with van der Waals surface area (Å²) in [6.45, 7) is 0. The second kappa shape index (κ2) is 5.55. The fourth-order valence-electron chi connectivity index (χ4n) is 1.62. The van der Waals surface area contributed by atoms with Crippen LogP contribution in [0.15, 0.2) is 46.9 Å². The van der Waals surface area contributed by atoms with Crippen LogP contribution in [0.3, 0.4) is 0 Å². The fraction of sp³-hybridized carbons (Fsp3) is 0.0714. The zero-order valence-electron chi connectivity index (χ0n) is 9.61. The summed E-state index contributed by atoms with van der Waals surface area (Å²) < 4.78 is 5.87. The maximum atomic E-state index is 12.3. The third-order valence-corrected chi connectivity index (χ3v) is 3.72. The van der Waals surface area contributed by atoms with Gasteiger partial charge in [-0.3, -0.25) is 4.79 Å². The van der Waals surface area contributed by atoms with Crippen molar-refractivity contribution in [3.8, 4) is 5.75 Å². The highest BCUT2D eigenvalue weighted by atomic mass is 79.9. The van der Waals surface area contributed by atoms with Crippen LogP contribution in [-0.2, 0) is 0 Å². The minimum absolute atomic E-state index is 0.0928. The van der Waals surface area contributed by atoms with E-state index in [1.807, 2.05) is 18.2 Å². The van der Waals surface area contributed by atoms with E-state index >= 15 is 0 Å². The summed E-state index contributed by atoms with van der Waals surface area (Å²) in [6.07, 6.45) is 0. The van der Waals surface area contributed by atoms with Crippen molar-refractivity contribution in [1.29, 1.82) is 0 Å². The van der Waals surface area contributed by atoms with E-state index in [0.717, 1.165) is 0 Å². The standard InChI is InChI=1S/C14H10BrClO2/c1-18-13-8-12(16)11(15)7-10(13)14(17)9-5-3-2-4-6-9/h2-8H,1H3. The van der Waals surface area contributed by atoms with Gasteiger partial charge in [0.1, 0.15) is 5.75 Å². The van der Waals surface area contributed by atoms with Gasteiger partial charge in [-0.1, -0.05) is 41.9 Å². The van der Waals surface area contributed by atoms with Crippen molar-refractivity contribution in [2.24, 2.45) is 0 Å². The van der Waals surface area contributed by atoms with E-state index in [-0.39, 0.29) is 5.78 Å². The second-order valence-electron chi connectivity index (χ2n) is 3.66. The van der Waals surface area contributed by atoms with Gasteiger partial charge in [-0.05, 0) is 22.0 Å². The van der Waals surface area contributed by atoms with Crippen LogP contribution >= 0.6 is 27.5 Å². The number of benzene rings is 2. The van der Waals surface area contributed by atoms with Crippen LogP contribution in [-0.4, -0.2) is 12.9 Å². The Morgan fingerprint density at radius 1 is 1.22 bits per heavy atom. The van der Waals surface area contributed by atoms with Gasteiger partial charge >= 0.3 is 0 Å². The van der Waals surface area contributed by atoms with Crippen molar-refractivity contribution in [2.45, 2.75) is 0 Å². The number of rotatable bonds is 3. The summed E-state index contributed by atoms with van der Waals surface area (Å²) >= 11 is 9.29. The largest absolute Gasteiger partial charge is 0.496 e. The minimum Gasteiger partial charge on any atom is -0.496 e. The van der Waals surface area contributed by atoms with Crippen molar-refractivity contribution >= 4 is 33.3 Å².